The predicted molar refractivity (Wildman–Crippen MR) is 79.8 cm³/mol. The molecule has 2 N–H and O–H groups in total. The van der Waals surface area contributed by atoms with Gasteiger partial charge < -0.3 is 15.0 Å². The Bertz CT molecular complexity index is 592. The number of benzene rings is 1. The minimum Gasteiger partial charge on any atom is -0.497 e. The zero-order valence-electron chi connectivity index (χ0n) is 12.4. The summed E-state index contributed by atoms with van der Waals surface area (Å²) in [7, 11) is 1.68. The molecule has 0 saturated heterocycles. The molecule has 1 aliphatic rings. The van der Waals surface area contributed by atoms with E-state index < -0.39 is 0 Å². The lowest BCUT2D eigenvalue weighted by atomic mass is 9.98. The first-order valence-electron chi connectivity index (χ1n) is 7.19. The SMILES string of the molecule is COc1ccc(C(C(C)N)N2CCn3cnnc3C2)cc1. The van der Waals surface area contributed by atoms with Crippen molar-refractivity contribution in [1.29, 1.82) is 0 Å². The molecule has 1 aromatic heterocycles. The molecule has 2 atom stereocenters. The molecule has 1 aliphatic heterocycles. The van der Waals surface area contributed by atoms with E-state index in [4.69, 9.17) is 10.5 Å². The molecule has 3 rings (SSSR count). The number of nitrogens with two attached hydrogens (primary N) is 1. The summed E-state index contributed by atoms with van der Waals surface area (Å²) in [5.74, 6) is 1.86. The van der Waals surface area contributed by atoms with E-state index in [1.165, 1.54) is 5.56 Å². The van der Waals surface area contributed by atoms with E-state index in [0.29, 0.717) is 0 Å². The van der Waals surface area contributed by atoms with Crippen LogP contribution in [0.25, 0.3) is 0 Å². The van der Waals surface area contributed by atoms with Crippen LogP contribution in [-0.4, -0.2) is 39.4 Å². The number of hydrogen-bond acceptors (Lipinski definition) is 5. The third-order valence-corrected chi connectivity index (χ3v) is 4.02. The van der Waals surface area contributed by atoms with Gasteiger partial charge in [-0.25, -0.2) is 0 Å². The van der Waals surface area contributed by atoms with Gasteiger partial charge in [-0.3, -0.25) is 4.90 Å². The lowest BCUT2D eigenvalue weighted by Gasteiger charge is -2.36. The van der Waals surface area contributed by atoms with Crippen molar-refractivity contribution >= 4 is 0 Å². The zero-order valence-corrected chi connectivity index (χ0v) is 12.4. The minimum atomic E-state index is 0.0351. The van der Waals surface area contributed by atoms with Gasteiger partial charge in [-0.1, -0.05) is 12.1 Å². The molecule has 0 radical (unpaired) electrons. The molecule has 0 saturated carbocycles. The summed E-state index contributed by atoms with van der Waals surface area (Å²) in [6.45, 7) is 4.68. The largest absolute Gasteiger partial charge is 0.497 e. The average Bonchev–Trinajstić information content (AvgIpc) is 2.95. The standard InChI is InChI=1S/C15H21N5O/c1-11(16)15(12-3-5-13(21-2)6-4-12)19-7-8-20-10-17-18-14(20)9-19/h3-6,10-11,15H,7-9,16H2,1-2H3. The van der Waals surface area contributed by atoms with Gasteiger partial charge in [0.25, 0.3) is 0 Å². The minimum absolute atomic E-state index is 0.0351. The Morgan fingerprint density at radius 2 is 2.00 bits per heavy atom. The van der Waals surface area contributed by atoms with Crippen molar-refractivity contribution in [2.75, 3.05) is 13.7 Å². The predicted octanol–water partition coefficient (Wildman–Crippen LogP) is 1.19. The van der Waals surface area contributed by atoms with E-state index in [1.54, 1.807) is 13.4 Å². The van der Waals surface area contributed by atoms with Gasteiger partial charge in [0.1, 0.15) is 17.9 Å². The molecule has 0 bridgehead atoms. The molecule has 2 heterocycles. The zero-order chi connectivity index (χ0) is 14.8. The fourth-order valence-electron chi connectivity index (χ4n) is 2.97. The van der Waals surface area contributed by atoms with E-state index >= 15 is 0 Å². The van der Waals surface area contributed by atoms with E-state index in [9.17, 15) is 0 Å². The van der Waals surface area contributed by atoms with Crippen molar-refractivity contribution in [3.63, 3.8) is 0 Å². The van der Waals surface area contributed by atoms with Crippen molar-refractivity contribution in [2.45, 2.75) is 32.1 Å². The van der Waals surface area contributed by atoms with E-state index in [-0.39, 0.29) is 12.1 Å². The summed E-state index contributed by atoms with van der Waals surface area (Å²) in [4.78, 5) is 2.37. The highest BCUT2D eigenvalue weighted by Gasteiger charge is 2.28. The van der Waals surface area contributed by atoms with Crippen LogP contribution in [0.4, 0.5) is 0 Å². The van der Waals surface area contributed by atoms with Crippen LogP contribution in [-0.2, 0) is 13.1 Å². The molecule has 2 aromatic rings. The smallest absolute Gasteiger partial charge is 0.147 e. The number of fused-ring (bicyclic) bond motifs is 1. The highest BCUT2D eigenvalue weighted by molar-refractivity contribution is 5.30. The topological polar surface area (TPSA) is 69.2 Å². The number of nitrogens with zero attached hydrogens (tertiary/aromatic N) is 4. The first-order chi connectivity index (χ1) is 10.2. The number of hydrogen-bond donors (Lipinski definition) is 1. The lowest BCUT2D eigenvalue weighted by molar-refractivity contribution is 0.136. The second-order valence-corrected chi connectivity index (χ2v) is 5.49. The van der Waals surface area contributed by atoms with Gasteiger partial charge in [0, 0.05) is 19.1 Å². The van der Waals surface area contributed by atoms with Crippen LogP contribution in [0.2, 0.25) is 0 Å². The highest BCUT2D eigenvalue weighted by atomic mass is 16.5. The summed E-state index contributed by atoms with van der Waals surface area (Å²) >= 11 is 0. The summed E-state index contributed by atoms with van der Waals surface area (Å²) < 4.78 is 7.32. The first kappa shape index (κ1) is 14.0. The fourth-order valence-corrected chi connectivity index (χ4v) is 2.97. The van der Waals surface area contributed by atoms with Gasteiger partial charge in [0.05, 0.1) is 19.7 Å². The van der Waals surface area contributed by atoms with Crippen LogP contribution < -0.4 is 10.5 Å². The van der Waals surface area contributed by atoms with Gasteiger partial charge in [-0.2, -0.15) is 0 Å². The fraction of sp³-hybridized carbons (Fsp3) is 0.467. The monoisotopic (exact) mass is 287 g/mol. The molecule has 6 nitrogen and oxygen atoms in total. The Hall–Kier alpha value is -1.92. The molecule has 21 heavy (non-hydrogen) atoms. The molecule has 6 heteroatoms. The highest BCUT2D eigenvalue weighted by Crippen LogP contribution is 2.28. The third-order valence-electron chi connectivity index (χ3n) is 4.02. The maximum Gasteiger partial charge on any atom is 0.147 e. The van der Waals surface area contributed by atoms with Crippen LogP contribution >= 0.6 is 0 Å². The Morgan fingerprint density at radius 1 is 1.24 bits per heavy atom. The molecule has 0 spiro atoms. The van der Waals surface area contributed by atoms with E-state index in [2.05, 4.69) is 31.8 Å². The Kier molecular flexibility index (Phi) is 3.90. The first-order valence-corrected chi connectivity index (χ1v) is 7.19. The summed E-state index contributed by atoms with van der Waals surface area (Å²) in [6, 6.07) is 8.35. The third kappa shape index (κ3) is 2.77. The van der Waals surface area contributed by atoms with Crippen LogP contribution in [0.5, 0.6) is 5.75 Å². The normalized spacial score (nSPS) is 18.0. The van der Waals surface area contributed by atoms with E-state index in [1.807, 2.05) is 19.1 Å². The molecule has 0 amide bonds. The van der Waals surface area contributed by atoms with Crippen molar-refractivity contribution in [1.82, 2.24) is 19.7 Å². The molecule has 0 aliphatic carbocycles. The van der Waals surface area contributed by atoms with Crippen molar-refractivity contribution in [3.8, 4) is 5.75 Å². The van der Waals surface area contributed by atoms with Crippen LogP contribution in [0.1, 0.15) is 24.4 Å². The van der Waals surface area contributed by atoms with Gasteiger partial charge in [0.15, 0.2) is 0 Å². The molecule has 112 valence electrons. The second-order valence-electron chi connectivity index (χ2n) is 5.49. The van der Waals surface area contributed by atoms with Gasteiger partial charge >= 0.3 is 0 Å². The second kappa shape index (κ2) is 5.83. The number of methoxy groups -OCH3 is 1. The molecule has 1 aromatic carbocycles. The van der Waals surface area contributed by atoms with Crippen molar-refractivity contribution in [3.05, 3.63) is 42.0 Å². The lowest BCUT2D eigenvalue weighted by Crippen LogP contribution is -2.43. The van der Waals surface area contributed by atoms with Gasteiger partial charge in [-0.15, -0.1) is 10.2 Å². The molecule has 2 unspecified atom stereocenters. The maximum absolute atomic E-state index is 6.25. The molecule has 0 fully saturated rings. The molecular formula is C15H21N5O. The quantitative estimate of drug-likeness (QED) is 0.915. The molecular weight excluding hydrogens is 266 g/mol. The Morgan fingerprint density at radius 3 is 2.67 bits per heavy atom. The number of rotatable bonds is 4. The van der Waals surface area contributed by atoms with Gasteiger partial charge in [-0.05, 0) is 24.6 Å². The number of aromatic nitrogens is 3. The Labute approximate surface area is 124 Å². The number of ether oxygens (including phenoxy) is 1. The van der Waals surface area contributed by atoms with Crippen LogP contribution in [0.15, 0.2) is 30.6 Å². The average molecular weight is 287 g/mol. The summed E-state index contributed by atoms with van der Waals surface area (Å²) in [5, 5.41) is 8.16. The summed E-state index contributed by atoms with van der Waals surface area (Å²) in [6.07, 6.45) is 1.79. The van der Waals surface area contributed by atoms with Crippen LogP contribution in [0, 0.1) is 0 Å². The van der Waals surface area contributed by atoms with Crippen LogP contribution in [0.3, 0.4) is 0 Å². The maximum atomic E-state index is 6.25. The Balaban J connectivity index is 1.84. The van der Waals surface area contributed by atoms with Gasteiger partial charge in [0.2, 0.25) is 0 Å². The van der Waals surface area contributed by atoms with E-state index in [0.717, 1.165) is 31.2 Å². The summed E-state index contributed by atoms with van der Waals surface area (Å²) in [5.41, 5.74) is 7.46. The van der Waals surface area contributed by atoms with Crippen molar-refractivity contribution in [2.24, 2.45) is 5.73 Å². The van der Waals surface area contributed by atoms with Crippen molar-refractivity contribution < 1.29 is 4.74 Å².